The zero-order valence-electron chi connectivity index (χ0n) is 9.78. The topological polar surface area (TPSA) is 78.4 Å². The monoisotopic (exact) mass is 314 g/mol. The van der Waals surface area contributed by atoms with Crippen molar-refractivity contribution in [3.8, 4) is 0 Å². The number of anilines is 1. The maximum absolute atomic E-state index is 11.5. The van der Waals surface area contributed by atoms with E-state index in [0.717, 1.165) is 4.47 Å². The molecule has 0 aliphatic heterocycles. The highest BCUT2D eigenvalue weighted by atomic mass is 79.9. The van der Waals surface area contributed by atoms with Gasteiger partial charge in [0.05, 0.1) is 0 Å². The van der Waals surface area contributed by atoms with Gasteiger partial charge in [-0.25, -0.2) is 4.79 Å². The molecular formula is C12H15BrN2O3. The first kappa shape index (κ1) is 14.5. The summed E-state index contributed by atoms with van der Waals surface area (Å²) < 4.78 is 0.891. The number of carboxylic acid groups (broad SMARTS) is 1. The van der Waals surface area contributed by atoms with Crippen molar-refractivity contribution < 1.29 is 14.7 Å². The number of amides is 2. The maximum atomic E-state index is 11.5. The Labute approximate surface area is 114 Å². The van der Waals surface area contributed by atoms with E-state index in [9.17, 15) is 9.59 Å². The van der Waals surface area contributed by atoms with E-state index in [1.54, 1.807) is 12.1 Å². The minimum absolute atomic E-state index is 0.134. The van der Waals surface area contributed by atoms with Gasteiger partial charge in [0.2, 0.25) is 0 Å². The second-order valence-corrected chi connectivity index (χ2v) is 4.66. The predicted octanol–water partition coefficient (Wildman–Crippen LogP) is 2.83. The largest absolute Gasteiger partial charge is 0.481 e. The van der Waals surface area contributed by atoms with Crippen LogP contribution in [0.3, 0.4) is 0 Å². The molecule has 18 heavy (non-hydrogen) atoms. The van der Waals surface area contributed by atoms with Crippen LogP contribution < -0.4 is 10.6 Å². The van der Waals surface area contributed by atoms with Crippen molar-refractivity contribution in [3.05, 3.63) is 28.7 Å². The highest BCUT2D eigenvalue weighted by Crippen LogP contribution is 2.15. The van der Waals surface area contributed by atoms with Gasteiger partial charge in [-0.2, -0.15) is 0 Å². The lowest BCUT2D eigenvalue weighted by atomic mass is 10.2. The summed E-state index contributed by atoms with van der Waals surface area (Å²) in [4.78, 5) is 21.7. The fourth-order valence-corrected chi connectivity index (χ4v) is 1.74. The van der Waals surface area contributed by atoms with Gasteiger partial charge in [0.25, 0.3) is 0 Å². The molecule has 1 aromatic rings. The molecule has 0 unspecified atom stereocenters. The van der Waals surface area contributed by atoms with E-state index in [1.807, 2.05) is 12.1 Å². The molecule has 0 aliphatic rings. The summed E-state index contributed by atoms with van der Waals surface area (Å²) in [6.07, 6.45) is 1.35. The Morgan fingerprint density at radius 3 is 2.72 bits per heavy atom. The van der Waals surface area contributed by atoms with Crippen LogP contribution in [0.4, 0.5) is 10.5 Å². The van der Waals surface area contributed by atoms with Crippen molar-refractivity contribution >= 4 is 33.6 Å². The fourth-order valence-electron chi connectivity index (χ4n) is 1.34. The van der Waals surface area contributed by atoms with E-state index in [-0.39, 0.29) is 12.5 Å². The Hall–Kier alpha value is -1.56. The molecular weight excluding hydrogens is 300 g/mol. The molecule has 1 rings (SSSR count). The number of hydrogen-bond donors (Lipinski definition) is 3. The molecule has 0 saturated heterocycles. The van der Waals surface area contributed by atoms with E-state index in [0.29, 0.717) is 25.1 Å². The summed E-state index contributed by atoms with van der Waals surface area (Å²) in [6.45, 7) is 0.465. The Morgan fingerprint density at radius 2 is 2.06 bits per heavy atom. The minimum atomic E-state index is -0.811. The first-order valence-electron chi connectivity index (χ1n) is 5.60. The van der Waals surface area contributed by atoms with Crippen LogP contribution in [0, 0.1) is 0 Å². The number of rotatable bonds is 6. The number of hydrogen-bond acceptors (Lipinski definition) is 2. The molecule has 3 N–H and O–H groups in total. The number of urea groups is 1. The summed E-state index contributed by atoms with van der Waals surface area (Å²) >= 11 is 3.31. The molecule has 0 radical (unpaired) electrons. The lowest BCUT2D eigenvalue weighted by Crippen LogP contribution is -2.29. The van der Waals surface area contributed by atoms with E-state index in [2.05, 4.69) is 26.6 Å². The molecule has 98 valence electrons. The lowest BCUT2D eigenvalue weighted by molar-refractivity contribution is -0.137. The van der Waals surface area contributed by atoms with Gasteiger partial charge in [-0.05, 0) is 31.0 Å². The van der Waals surface area contributed by atoms with E-state index in [4.69, 9.17) is 5.11 Å². The second kappa shape index (κ2) is 7.71. The number of unbranched alkanes of at least 4 members (excludes halogenated alkanes) is 1. The number of carbonyl (C=O) groups is 2. The van der Waals surface area contributed by atoms with Gasteiger partial charge in [0.15, 0.2) is 0 Å². The highest BCUT2D eigenvalue weighted by molar-refractivity contribution is 9.10. The molecule has 1 aromatic carbocycles. The molecule has 0 spiro atoms. The number of carbonyl (C=O) groups excluding carboxylic acids is 1. The third kappa shape index (κ3) is 6.24. The zero-order valence-corrected chi connectivity index (χ0v) is 11.4. The van der Waals surface area contributed by atoms with E-state index < -0.39 is 5.97 Å². The molecule has 0 bridgehead atoms. The van der Waals surface area contributed by atoms with Gasteiger partial charge < -0.3 is 15.7 Å². The van der Waals surface area contributed by atoms with E-state index >= 15 is 0 Å². The van der Waals surface area contributed by atoms with Crippen LogP contribution in [0.15, 0.2) is 28.7 Å². The van der Waals surface area contributed by atoms with Gasteiger partial charge >= 0.3 is 12.0 Å². The van der Waals surface area contributed by atoms with Crippen LogP contribution in [-0.4, -0.2) is 23.7 Å². The standard InChI is InChI=1S/C12H15BrN2O3/c13-9-4-3-5-10(8-9)15-12(18)14-7-2-1-6-11(16)17/h3-5,8H,1-2,6-7H2,(H,16,17)(H2,14,15,18). The molecule has 5 nitrogen and oxygen atoms in total. The Balaban J connectivity index is 2.20. The summed E-state index contributed by atoms with van der Waals surface area (Å²) in [5, 5.41) is 13.8. The third-order valence-corrected chi connectivity index (χ3v) is 2.68. The van der Waals surface area contributed by atoms with Crippen molar-refractivity contribution in [2.45, 2.75) is 19.3 Å². The number of halogens is 1. The normalized spacial score (nSPS) is 9.83. The van der Waals surface area contributed by atoms with Crippen LogP contribution in [0.5, 0.6) is 0 Å². The molecule has 0 saturated carbocycles. The SMILES string of the molecule is O=C(O)CCCCNC(=O)Nc1cccc(Br)c1. The molecule has 0 aliphatic carbocycles. The molecule has 0 fully saturated rings. The van der Waals surface area contributed by atoms with Gasteiger partial charge in [-0.15, -0.1) is 0 Å². The smallest absolute Gasteiger partial charge is 0.319 e. The van der Waals surface area contributed by atoms with Crippen LogP contribution in [-0.2, 0) is 4.79 Å². The highest BCUT2D eigenvalue weighted by Gasteiger charge is 2.01. The summed E-state index contributed by atoms with van der Waals surface area (Å²) in [7, 11) is 0. The Bertz CT molecular complexity index is 424. The number of benzene rings is 1. The van der Waals surface area contributed by atoms with Gasteiger partial charge in [0, 0.05) is 23.1 Å². The number of aliphatic carboxylic acids is 1. The minimum Gasteiger partial charge on any atom is -0.481 e. The van der Waals surface area contributed by atoms with Crippen molar-refractivity contribution in [1.29, 1.82) is 0 Å². The van der Waals surface area contributed by atoms with Gasteiger partial charge in [-0.3, -0.25) is 4.79 Å². The number of nitrogens with one attached hydrogen (secondary N) is 2. The summed E-state index contributed by atoms with van der Waals surface area (Å²) in [5.41, 5.74) is 0.701. The summed E-state index contributed by atoms with van der Waals surface area (Å²) in [6, 6.07) is 6.99. The maximum Gasteiger partial charge on any atom is 0.319 e. The second-order valence-electron chi connectivity index (χ2n) is 3.74. The quantitative estimate of drug-likeness (QED) is 0.706. The van der Waals surface area contributed by atoms with Crippen molar-refractivity contribution in [1.82, 2.24) is 5.32 Å². The molecule has 0 atom stereocenters. The van der Waals surface area contributed by atoms with Gasteiger partial charge in [-0.1, -0.05) is 22.0 Å². The van der Waals surface area contributed by atoms with Crippen LogP contribution >= 0.6 is 15.9 Å². The number of carboxylic acids is 1. The predicted molar refractivity (Wildman–Crippen MR) is 72.7 cm³/mol. The lowest BCUT2D eigenvalue weighted by Gasteiger charge is -2.07. The van der Waals surface area contributed by atoms with Crippen LogP contribution in [0.2, 0.25) is 0 Å². The average Bonchev–Trinajstić information content (AvgIpc) is 2.28. The molecule has 0 heterocycles. The van der Waals surface area contributed by atoms with Crippen molar-refractivity contribution in [2.24, 2.45) is 0 Å². The zero-order chi connectivity index (χ0) is 13.4. The van der Waals surface area contributed by atoms with Crippen molar-refractivity contribution in [3.63, 3.8) is 0 Å². The van der Waals surface area contributed by atoms with Gasteiger partial charge in [0.1, 0.15) is 0 Å². The van der Waals surface area contributed by atoms with Crippen molar-refractivity contribution in [2.75, 3.05) is 11.9 Å². The van der Waals surface area contributed by atoms with E-state index in [1.165, 1.54) is 0 Å². The first-order valence-corrected chi connectivity index (χ1v) is 6.39. The van der Waals surface area contributed by atoms with Crippen LogP contribution in [0.1, 0.15) is 19.3 Å². The first-order chi connectivity index (χ1) is 8.58. The summed E-state index contributed by atoms with van der Waals surface area (Å²) in [5.74, 6) is -0.811. The average molecular weight is 315 g/mol. The molecule has 2 amide bonds. The Kier molecular flexibility index (Phi) is 6.21. The molecule has 0 aromatic heterocycles. The third-order valence-electron chi connectivity index (χ3n) is 2.19. The molecule has 6 heteroatoms. The fraction of sp³-hybridized carbons (Fsp3) is 0.333. The van der Waals surface area contributed by atoms with Crippen LogP contribution in [0.25, 0.3) is 0 Å². The Morgan fingerprint density at radius 1 is 1.28 bits per heavy atom.